The van der Waals surface area contributed by atoms with Crippen molar-refractivity contribution in [3.8, 4) is 0 Å². The van der Waals surface area contributed by atoms with Gasteiger partial charge in [-0.3, -0.25) is 14.0 Å². The van der Waals surface area contributed by atoms with E-state index in [-0.39, 0.29) is 23.4 Å². The molecule has 2 aromatic heterocycles. The van der Waals surface area contributed by atoms with Gasteiger partial charge in [0.25, 0.3) is 11.7 Å². The number of halogens is 1. The number of nitrogens with zero attached hydrogens (tertiary/aromatic N) is 4. The molecule has 178 valence electrons. The summed E-state index contributed by atoms with van der Waals surface area (Å²) in [6, 6.07) is 10.4. The predicted octanol–water partition coefficient (Wildman–Crippen LogP) is 3.94. The van der Waals surface area contributed by atoms with Crippen LogP contribution in [0.15, 0.2) is 54.2 Å². The van der Waals surface area contributed by atoms with Gasteiger partial charge in [0, 0.05) is 18.3 Å². The van der Waals surface area contributed by atoms with Gasteiger partial charge in [-0.15, -0.1) is 0 Å². The number of pyridine rings is 1. The molecular weight excluding hydrogens is 435 g/mol. The molecule has 0 radical (unpaired) electrons. The third-order valence-corrected chi connectivity index (χ3v) is 6.44. The number of ketones is 1. The standard InChI is InChI=1S/C26H29FN4O3/c1-4-29(5-2)14-10-16-31-23(18-11-6-7-12-19(18)27)21(25(33)26(31)34)24(32)22-17(3)28-20-13-8-9-15-30(20)22/h6-9,11-13,15,23,32H,4-5,10,14,16H2,1-3H3/b24-21+/t23-/m1/s1. The molecule has 8 heteroatoms. The van der Waals surface area contributed by atoms with Crippen molar-refractivity contribution in [2.45, 2.75) is 33.2 Å². The number of aromatic nitrogens is 2. The highest BCUT2D eigenvalue weighted by Crippen LogP contribution is 2.40. The Morgan fingerprint density at radius 1 is 1.12 bits per heavy atom. The average molecular weight is 465 g/mol. The molecule has 3 heterocycles. The number of hydrogen-bond donors (Lipinski definition) is 1. The van der Waals surface area contributed by atoms with Crippen LogP contribution < -0.4 is 0 Å². The zero-order chi connectivity index (χ0) is 24.4. The highest BCUT2D eigenvalue weighted by molar-refractivity contribution is 6.46. The van der Waals surface area contributed by atoms with E-state index < -0.39 is 23.5 Å². The Hall–Kier alpha value is -3.52. The first-order valence-electron chi connectivity index (χ1n) is 11.6. The normalized spacial score (nSPS) is 17.9. The SMILES string of the molecule is CCN(CC)CCCN1C(=O)C(=O)/C(=C(/O)c2c(C)nc3ccccn23)[C@H]1c1ccccc1F. The summed E-state index contributed by atoms with van der Waals surface area (Å²) >= 11 is 0. The molecule has 0 saturated carbocycles. The second-order valence-electron chi connectivity index (χ2n) is 8.37. The van der Waals surface area contributed by atoms with Crippen molar-refractivity contribution in [2.75, 3.05) is 26.2 Å². The molecule has 0 bridgehead atoms. The van der Waals surface area contributed by atoms with Crippen molar-refractivity contribution in [2.24, 2.45) is 0 Å². The molecule has 0 unspecified atom stereocenters. The molecule has 34 heavy (non-hydrogen) atoms. The Kier molecular flexibility index (Phi) is 6.79. The minimum Gasteiger partial charge on any atom is -0.505 e. The summed E-state index contributed by atoms with van der Waals surface area (Å²) in [5.41, 5.74) is 1.48. The van der Waals surface area contributed by atoms with E-state index in [0.717, 1.165) is 19.6 Å². The van der Waals surface area contributed by atoms with E-state index in [1.807, 2.05) is 6.07 Å². The van der Waals surface area contributed by atoms with Gasteiger partial charge >= 0.3 is 0 Å². The molecule has 1 fully saturated rings. The van der Waals surface area contributed by atoms with Crippen LogP contribution in [0.2, 0.25) is 0 Å². The minimum absolute atomic E-state index is 0.119. The second kappa shape index (κ2) is 9.77. The van der Waals surface area contributed by atoms with Crippen molar-refractivity contribution in [3.63, 3.8) is 0 Å². The van der Waals surface area contributed by atoms with Crippen LogP contribution in [0.5, 0.6) is 0 Å². The minimum atomic E-state index is -1.02. The Balaban J connectivity index is 1.83. The fraction of sp³-hybridized carbons (Fsp3) is 0.346. The number of amides is 1. The summed E-state index contributed by atoms with van der Waals surface area (Å²) < 4.78 is 16.6. The van der Waals surface area contributed by atoms with Gasteiger partial charge in [0.05, 0.1) is 17.3 Å². The van der Waals surface area contributed by atoms with Gasteiger partial charge in [0.15, 0.2) is 5.76 Å². The average Bonchev–Trinajstić information content (AvgIpc) is 3.30. The van der Waals surface area contributed by atoms with Gasteiger partial charge in [-0.25, -0.2) is 9.37 Å². The Labute approximate surface area is 198 Å². The van der Waals surface area contributed by atoms with E-state index in [0.29, 0.717) is 23.5 Å². The maximum atomic E-state index is 15.0. The predicted molar refractivity (Wildman–Crippen MR) is 128 cm³/mol. The molecule has 0 spiro atoms. The third-order valence-electron chi connectivity index (χ3n) is 6.44. The van der Waals surface area contributed by atoms with Gasteiger partial charge in [0.1, 0.15) is 17.2 Å². The summed E-state index contributed by atoms with van der Waals surface area (Å²) in [4.78, 5) is 34.4. The molecular formula is C26H29FN4O3. The van der Waals surface area contributed by atoms with E-state index in [1.54, 1.807) is 47.9 Å². The van der Waals surface area contributed by atoms with Crippen LogP contribution in [-0.4, -0.2) is 62.2 Å². The second-order valence-corrected chi connectivity index (χ2v) is 8.37. The van der Waals surface area contributed by atoms with E-state index in [4.69, 9.17) is 0 Å². The lowest BCUT2D eigenvalue weighted by Gasteiger charge is -2.27. The number of fused-ring (bicyclic) bond motifs is 1. The van der Waals surface area contributed by atoms with Crippen LogP contribution >= 0.6 is 0 Å². The number of benzene rings is 1. The molecule has 0 aliphatic carbocycles. The number of carbonyl (C=O) groups excluding carboxylic acids is 2. The van der Waals surface area contributed by atoms with Crippen LogP contribution in [0.4, 0.5) is 4.39 Å². The lowest BCUT2D eigenvalue weighted by atomic mass is 9.95. The van der Waals surface area contributed by atoms with Crippen LogP contribution in [0.25, 0.3) is 11.4 Å². The van der Waals surface area contributed by atoms with Crippen LogP contribution in [0, 0.1) is 12.7 Å². The monoisotopic (exact) mass is 464 g/mol. The molecule has 1 atom stereocenters. The van der Waals surface area contributed by atoms with Crippen molar-refractivity contribution in [3.05, 3.63) is 77.0 Å². The van der Waals surface area contributed by atoms with E-state index >= 15 is 0 Å². The first-order valence-corrected chi connectivity index (χ1v) is 11.6. The Bertz CT molecular complexity index is 1260. The Morgan fingerprint density at radius 2 is 1.82 bits per heavy atom. The smallest absolute Gasteiger partial charge is 0.295 e. The van der Waals surface area contributed by atoms with E-state index in [1.165, 1.54) is 11.0 Å². The van der Waals surface area contributed by atoms with Gasteiger partial charge in [-0.1, -0.05) is 38.1 Å². The van der Waals surface area contributed by atoms with Crippen molar-refractivity contribution in [1.29, 1.82) is 0 Å². The first kappa shape index (κ1) is 23.6. The largest absolute Gasteiger partial charge is 0.505 e. The van der Waals surface area contributed by atoms with Gasteiger partial charge in [0.2, 0.25) is 0 Å². The summed E-state index contributed by atoms with van der Waals surface area (Å²) in [5.74, 6) is -2.45. The molecule has 1 N–H and O–H groups in total. The lowest BCUT2D eigenvalue weighted by molar-refractivity contribution is -0.140. The topological polar surface area (TPSA) is 78.2 Å². The molecule has 1 aliphatic heterocycles. The number of aryl methyl sites for hydroxylation is 1. The number of carbonyl (C=O) groups is 2. The molecule has 1 aliphatic rings. The first-order chi connectivity index (χ1) is 16.4. The highest BCUT2D eigenvalue weighted by atomic mass is 19.1. The number of Topliss-reactive ketones (excluding diaryl/α,β-unsaturated/α-hetero) is 1. The number of rotatable bonds is 8. The number of likely N-dealkylation sites (tertiary alicyclic amines) is 1. The van der Waals surface area contributed by atoms with Crippen LogP contribution in [-0.2, 0) is 9.59 Å². The number of imidazole rings is 1. The fourth-order valence-corrected chi connectivity index (χ4v) is 4.66. The van der Waals surface area contributed by atoms with E-state index in [2.05, 4.69) is 23.7 Å². The highest BCUT2D eigenvalue weighted by Gasteiger charge is 2.47. The lowest BCUT2D eigenvalue weighted by Crippen LogP contribution is -2.33. The number of hydrogen-bond acceptors (Lipinski definition) is 5. The van der Waals surface area contributed by atoms with Crippen molar-refractivity contribution < 1.29 is 19.1 Å². The van der Waals surface area contributed by atoms with E-state index in [9.17, 15) is 19.1 Å². The maximum Gasteiger partial charge on any atom is 0.295 e. The van der Waals surface area contributed by atoms with Crippen molar-refractivity contribution >= 4 is 23.1 Å². The van der Waals surface area contributed by atoms with Crippen molar-refractivity contribution in [1.82, 2.24) is 19.2 Å². The van der Waals surface area contributed by atoms with Gasteiger partial charge in [-0.05, 0) is 51.2 Å². The van der Waals surface area contributed by atoms with Gasteiger partial charge in [-0.2, -0.15) is 0 Å². The molecule has 3 aromatic rings. The summed E-state index contributed by atoms with van der Waals surface area (Å²) in [7, 11) is 0. The molecule has 1 amide bonds. The number of aliphatic hydroxyl groups excluding tert-OH is 1. The summed E-state index contributed by atoms with van der Waals surface area (Å²) in [6.07, 6.45) is 2.34. The third kappa shape index (κ3) is 4.09. The fourth-order valence-electron chi connectivity index (χ4n) is 4.66. The zero-order valence-electron chi connectivity index (χ0n) is 19.7. The number of aliphatic hydroxyl groups is 1. The zero-order valence-corrected chi connectivity index (χ0v) is 19.7. The quantitative estimate of drug-likeness (QED) is 0.310. The molecule has 7 nitrogen and oxygen atoms in total. The van der Waals surface area contributed by atoms with Crippen LogP contribution in [0.3, 0.4) is 0 Å². The molecule has 4 rings (SSSR count). The molecule has 1 aromatic carbocycles. The van der Waals surface area contributed by atoms with Gasteiger partial charge < -0.3 is 14.9 Å². The maximum absolute atomic E-state index is 15.0. The summed E-state index contributed by atoms with van der Waals surface area (Å²) in [6.45, 7) is 8.61. The van der Waals surface area contributed by atoms with Crippen LogP contribution in [0.1, 0.15) is 43.3 Å². The Morgan fingerprint density at radius 3 is 2.53 bits per heavy atom. The summed E-state index contributed by atoms with van der Waals surface area (Å²) in [5, 5.41) is 11.4. The molecule has 1 saturated heterocycles.